The summed E-state index contributed by atoms with van der Waals surface area (Å²) in [5.41, 5.74) is 5.22. The summed E-state index contributed by atoms with van der Waals surface area (Å²) in [7, 11) is 0. The van der Waals surface area contributed by atoms with E-state index in [4.69, 9.17) is 10.8 Å². The fourth-order valence-electron chi connectivity index (χ4n) is 0.536. The van der Waals surface area contributed by atoms with E-state index in [1.807, 2.05) is 6.08 Å². The first kappa shape index (κ1) is 9.91. The number of rotatable bonds is 5. The summed E-state index contributed by atoms with van der Waals surface area (Å²) in [5, 5.41) is 8.36. The number of carboxylic acids is 1. The molecule has 0 aliphatic rings. The molecule has 0 aromatic heterocycles. The molecule has 0 amide bonds. The van der Waals surface area contributed by atoms with Crippen molar-refractivity contribution in [2.24, 2.45) is 5.73 Å². The van der Waals surface area contributed by atoms with Gasteiger partial charge in [0.15, 0.2) is 0 Å². The fraction of sp³-hybridized carbons (Fsp3) is 0.375. The minimum atomic E-state index is -0.965. The van der Waals surface area contributed by atoms with E-state index in [-0.39, 0.29) is 0 Å². The van der Waals surface area contributed by atoms with Crippen LogP contribution in [0.25, 0.3) is 0 Å². The van der Waals surface area contributed by atoms with Gasteiger partial charge in [-0.2, -0.15) is 0 Å². The van der Waals surface area contributed by atoms with Gasteiger partial charge in [0.25, 0.3) is 0 Å². The Kier molecular flexibility index (Phi) is 5.11. The summed E-state index contributed by atoms with van der Waals surface area (Å²) in [6.07, 6.45) is 6.47. The summed E-state index contributed by atoms with van der Waals surface area (Å²) in [5.74, 6) is -0.965. The smallest absolute Gasteiger partial charge is 0.320 e. The molecule has 11 heavy (non-hydrogen) atoms. The van der Waals surface area contributed by atoms with Crippen LogP contribution in [0.1, 0.15) is 12.8 Å². The van der Waals surface area contributed by atoms with Crippen LogP contribution in [-0.4, -0.2) is 17.1 Å². The highest BCUT2D eigenvalue weighted by Crippen LogP contribution is 1.92. The van der Waals surface area contributed by atoms with Gasteiger partial charge in [-0.05, 0) is 12.8 Å². The Morgan fingerprint density at radius 3 is 2.73 bits per heavy atom. The molecule has 3 N–H and O–H groups in total. The van der Waals surface area contributed by atoms with Crippen molar-refractivity contribution in [3.8, 4) is 0 Å². The third kappa shape index (κ3) is 5.36. The zero-order valence-electron chi connectivity index (χ0n) is 6.36. The summed E-state index contributed by atoms with van der Waals surface area (Å²) >= 11 is 0. The van der Waals surface area contributed by atoms with Crippen LogP contribution in [0.2, 0.25) is 0 Å². The van der Waals surface area contributed by atoms with E-state index in [1.54, 1.807) is 12.2 Å². The topological polar surface area (TPSA) is 63.3 Å². The van der Waals surface area contributed by atoms with Crippen molar-refractivity contribution in [3.05, 3.63) is 24.8 Å². The summed E-state index contributed by atoms with van der Waals surface area (Å²) in [4.78, 5) is 10.2. The van der Waals surface area contributed by atoms with Crippen molar-refractivity contribution >= 4 is 5.97 Å². The molecule has 0 aliphatic heterocycles. The number of nitrogens with two attached hydrogens (primary N) is 1. The lowest BCUT2D eigenvalue weighted by Crippen LogP contribution is -2.29. The van der Waals surface area contributed by atoms with Gasteiger partial charge in [-0.25, -0.2) is 0 Å². The van der Waals surface area contributed by atoms with Crippen LogP contribution in [-0.2, 0) is 4.79 Å². The third-order valence-corrected chi connectivity index (χ3v) is 1.18. The molecule has 0 rings (SSSR count). The van der Waals surface area contributed by atoms with Crippen LogP contribution in [0.15, 0.2) is 24.8 Å². The lowest BCUT2D eigenvalue weighted by molar-refractivity contribution is -0.138. The zero-order chi connectivity index (χ0) is 8.69. The second kappa shape index (κ2) is 5.68. The molecule has 0 unspecified atom stereocenters. The standard InChI is InChI=1S/C8H13NO2/c1-2-3-4-5-6-7(9)8(10)11/h2,4-5,7H,1,3,6,9H2,(H,10,11)/b5-4+/t7-/m0/s1. The summed E-state index contributed by atoms with van der Waals surface area (Å²) in [6.45, 7) is 3.51. The normalized spacial score (nSPS) is 13.2. The van der Waals surface area contributed by atoms with E-state index in [1.165, 1.54) is 0 Å². The first-order chi connectivity index (χ1) is 5.18. The predicted octanol–water partition coefficient (Wildman–Crippen LogP) is 0.921. The van der Waals surface area contributed by atoms with Gasteiger partial charge in [0, 0.05) is 0 Å². The molecule has 0 fully saturated rings. The van der Waals surface area contributed by atoms with E-state index in [0.29, 0.717) is 6.42 Å². The highest BCUT2D eigenvalue weighted by molar-refractivity contribution is 5.73. The first-order valence-electron chi connectivity index (χ1n) is 3.42. The van der Waals surface area contributed by atoms with Crippen LogP contribution in [0.4, 0.5) is 0 Å². The van der Waals surface area contributed by atoms with Gasteiger partial charge in [-0.15, -0.1) is 6.58 Å². The van der Waals surface area contributed by atoms with Crippen molar-refractivity contribution in [2.75, 3.05) is 0 Å². The molecule has 3 nitrogen and oxygen atoms in total. The Hall–Kier alpha value is -1.09. The Morgan fingerprint density at radius 2 is 2.27 bits per heavy atom. The van der Waals surface area contributed by atoms with Gasteiger partial charge in [0.1, 0.15) is 6.04 Å². The SMILES string of the molecule is C=CC/C=C/C[C@H](N)C(=O)O. The van der Waals surface area contributed by atoms with Gasteiger partial charge < -0.3 is 10.8 Å². The molecule has 0 saturated carbocycles. The van der Waals surface area contributed by atoms with E-state index < -0.39 is 12.0 Å². The Bertz CT molecular complexity index is 163. The quantitative estimate of drug-likeness (QED) is 0.580. The van der Waals surface area contributed by atoms with Crippen LogP contribution in [0.5, 0.6) is 0 Å². The number of hydrogen-bond donors (Lipinski definition) is 2. The van der Waals surface area contributed by atoms with Gasteiger partial charge in [-0.1, -0.05) is 18.2 Å². The summed E-state index contributed by atoms with van der Waals surface area (Å²) < 4.78 is 0. The molecule has 0 aliphatic carbocycles. The molecular formula is C8H13NO2. The van der Waals surface area contributed by atoms with E-state index in [0.717, 1.165) is 6.42 Å². The maximum atomic E-state index is 10.2. The molecule has 0 heterocycles. The van der Waals surface area contributed by atoms with Crippen LogP contribution < -0.4 is 5.73 Å². The maximum absolute atomic E-state index is 10.2. The second-order valence-corrected chi connectivity index (χ2v) is 2.18. The zero-order valence-corrected chi connectivity index (χ0v) is 6.36. The van der Waals surface area contributed by atoms with Crippen molar-refractivity contribution in [1.29, 1.82) is 0 Å². The van der Waals surface area contributed by atoms with Gasteiger partial charge in [0.05, 0.1) is 0 Å². The van der Waals surface area contributed by atoms with Crippen molar-refractivity contribution in [1.82, 2.24) is 0 Å². The third-order valence-electron chi connectivity index (χ3n) is 1.18. The van der Waals surface area contributed by atoms with Gasteiger partial charge in [0.2, 0.25) is 0 Å². The average molecular weight is 155 g/mol. The predicted molar refractivity (Wildman–Crippen MR) is 44.2 cm³/mol. The van der Waals surface area contributed by atoms with Gasteiger partial charge >= 0.3 is 5.97 Å². The maximum Gasteiger partial charge on any atom is 0.320 e. The van der Waals surface area contributed by atoms with E-state index in [9.17, 15) is 4.79 Å². The molecule has 0 spiro atoms. The fourth-order valence-corrected chi connectivity index (χ4v) is 0.536. The number of carbonyl (C=O) groups is 1. The number of aliphatic carboxylic acids is 1. The Morgan fingerprint density at radius 1 is 1.64 bits per heavy atom. The Balaban J connectivity index is 3.52. The van der Waals surface area contributed by atoms with Crippen LogP contribution in [0, 0.1) is 0 Å². The lowest BCUT2D eigenvalue weighted by Gasteiger charge is -1.99. The second-order valence-electron chi connectivity index (χ2n) is 2.18. The molecular weight excluding hydrogens is 142 g/mol. The number of allylic oxidation sites excluding steroid dienone is 2. The monoisotopic (exact) mass is 155 g/mol. The van der Waals surface area contributed by atoms with E-state index in [2.05, 4.69) is 6.58 Å². The average Bonchev–Trinajstić information content (AvgIpc) is 1.97. The molecule has 0 radical (unpaired) electrons. The van der Waals surface area contributed by atoms with Crippen molar-refractivity contribution < 1.29 is 9.90 Å². The van der Waals surface area contributed by atoms with E-state index >= 15 is 0 Å². The van der Waals surface area contributed by atoms with Gasteiger partial charge in [-0.3, -0.25) is 4.79 Å². The molecule has 62 valence electrons. The largest absolute Gasteiger partial charge is 0.480 e. The molecule has 0 aromatic carbocycles. The van der Waals surface area contributed by atoms with Crippen LogP contribution in [0.3, 0.4) is 0 Å². The lowest BCUT2D eigenvalue weighted by atomic mass is 10.2. The molecule has 3 heteroatoms. The molecule has 0 bridgehead atoms. The minimum Gasteiger partial charge on any atom is -0.480 e. The number of carboxylic acid groups (broad SMARTS) is 1. The highest BCUT2D eigenvalue weighted by atomic mass is 16.4. The highest BCUT2D eigenvalue weighted by Gasteiger charge is 2.07. The minimum absolute atomic E-state index is 0.378. The molecule has 0 aromatic rings. The molecule has 0 saturated heterocycles. The first-order valence-corrected chi connectivity index (χ1v) is 3.42. The number of hydrogen-bond acceptors (Lipinski definition) is 2. The van der Waals surface area contributed by atoms with Crippen molar-refractivity contribution in [2.45, 2.75) is 18.9 Å². The van der Waals surface area contributed by atoms with Crippen molar-refractivity contribution in [3.63, 3.8) is 0 Å². The Labute approximate surface area is 66.2 Å². The molecule has 1 atom stereocenters. The van der Waals surface area contributed by atoms with Crippen LogP contribution >= 0.6 is 0 Å². The summed E-state index contributed by atoms with van der Waals surface area (Å²) in [6, 6.07) is -0.781.